The lowest BCUT2D eigenvalue weighted by Gasteiger charge is -2.20. The minimum Gasteiger partial charge on any atom is -0.465 e. The van der Waals surface area contributed by atoms with Crippen molar-refractivity contribution in [3.8, 4) is 0 Å². The molecule has 0 aromatic heterocycles. The molecule has 9 nitrogen and oxygen atoms in total. The van der Waals surface area contributed by atoms with E-state index < -0.39 is 6.09 Å². The van der Waals surface area contributed by atoms with E-state index in [1.165, 1.54) is 6.42 Å². The van der Waals surface area contributed by atoms with Gasteiger partial charge in [0.15, 0.2) is 0 Å². The number of amides is 1. The van der Waals surface area contributed by atoms with Crippen molar-refractivity contribution >= 4 is 18.0 Å². The summed E-state index contributed by atoms with van der Waals surface area (Å²) in [6.07, 6.45) is 13.1. The number of alkyl carbamates (subject to hydrolysis) is 1. The molecule has 0 aliphatic heterocycles. The van der Waals surface area contributed by atoms with Gasteiger partial charge in [-0.05, 0) is 98.6 Å². The first-order chi connectivity index (χ1) is 20.6. The second-order valence-corrected chi connectivity index (χ2v) is 12.5. The highest BCUT2D eigenvalue weighted by Crippen LogP contribution is 2.15. The maximum absolute atomic E-state index is 12.6. The second-order valence-electron chi connectivity index (χ2n) is 12.5. The summed E-state index contributed by atoms with van der Waals surface area (Å²) in [5, 5.41) is 2.88. The minimum absolute atomic E-state index is 0.0967. The van der Waals surface area contributed by atoms with E-state index in [1.807, 2.05) is 13.8 Å². The molecule has 0 bridgehead atoms. The quantitative estimate of drug-likeness (QED) is 0.0583. The second kappa shape index (κ2) is 27.7. The Morgan fingerprint density at radius 3 is 1.60 bits per heavy atom. The van der Waals surface area contributed by atoms with Crippen LogP contribution < -0.4 is 5.32 Å². The lowest BCUT2D eigenvalue weighted by Crippen LogP contribution is -2.32. The molecule has 1 amide bonds. The Balaban J connectivity index is 4.55. The van der Waals surface area contributed by atoms with Crippen LogP contribution in [0.4, 0.5) is 4.79 Å². The molecule has 0 aliphatic carbocycles. The molecular formula is C34H67N3O6. The molecule has 2 unspecified atom stereocenters. The van der Waals surface area contributed by atoms with Gasteiger partial charge in [0.2, 0.25) is 0 Å². The van der Waals surface area contributed by atoms with Gasteiger partial charge in [-0.2, -0.15) is 0 Å². The fourth-order valence-electron chi connectivity index (χ4n) is 4.81. The molecule has 0 spiro atoms. The van der Waals surface area contributed by atoms with Crippen LogP contribution in [-0.4, -0.2) is 94.5 Å². The predicted octanol–water partition coefficient (Wildman–Crippen LogP) is 6.82. The Labute approximate surface area is 264 Å². The van der Waals surface area contributed by atoms with Crippen molar-refractivity contribution in [2.75, 3.05) is 60.5 Å². The van der Waals surface area contributed by atoms with E-state index in [9.17, 15) is 14.4 Å². The topological polar surface area (TPSA) is 97.4 Å². The molecule has 43 heavy (non-hydrogen) atoms. The first kappa shape index (κ1) is 41.1. The fraction of sp³-hybridized carbons (Fsp3) is 0.912. The number of hydrogen-bond donors (Lipinski definition) is 1. The van der Waals surface area contributed by atoms with Gasteiger partial charge in [-0.15, -0.1) is 0 Å². The van der Waals surface area contributed by atoms with Crippen LogP contribution in [0.3, 0.4) is 0 Å². The lowest BCUT2D eigenvalue weighted by molar-refractivity contribution is -0.149. The molecule has 2 atom stereocenters. The number of nitrogens with one attached hydrogen (secondary N) is 1. The van der Waals surface area contributed by atoms with E-state index in [1.54, 1.807) is 0 Å². The molecule has 0 heterocycles. The Kier molecular flexibility index (Phi) is 26.5. The van der Waals surface area contributed by atoms with Gasteiger partial charge >= 0.3 is 18.0 Å². The maximum atomic E-state index is 12.6. The Bertz CT molecular complexity index is 670. The van der Waals surface area contributed by atoms with Gasteiger partial charge in [0.05, 0.1) is 25.0 Å². The van der Waals surface area contributed by atoms with Crippen molar-refractivity contribution in [2.45, 2.75) is 130 Å². The van der Waals surface area contributed by atoms with E-state index in [-0.39, 0.29) is 29.9 Å². The van der Waals surface area contributed by atoms with Crippen LogP contribution in [0, 0.1) is 11.8 Å². The molecule has 0 saturated carbocycles. The van der Waals surface area contributed by atoms with E-state index in [2.05, 4.69) is 50.1 Å². The van der Waals surface area contributed by atoms with Crippen LogP contribution in [0.25, 0.3) is 0 Å². The van der Waals surface area contributed by atoms with Crippen LogP contribution >= 0.6 is 0 Å². The Hall–Kier alpha value is -1.87. The van der Waals surface area contributed by atoms with Gasteiger partial charge in [-0.25, -0.2) is 4.79 Å². The molecule has 0 aromatic rings. The molecule has 0 radical (unpaired) electrons. The molecular weight excluding hydrogens is 546 g/mol. The van der Waals surface area contributed by atoms with Crippen molar-refractivity contribution in [3.05, 3.63) is 0 Å². The van der Waals surface area contributed by atoms with E-state index in [0.29, 0.717) is 45.4 Å². The van der Waals surface area contributed by atoms with Crippen molar-refractivity contribution < 1.29 is 28.6 Å². The zero-order valence-electron chi connectivity index (χ0n) is 28.9. The number of esters is 2. The normalized spacial score (nSPS) is 13.5. The number of carbonyl (C=O) groups excluding carboxylic acids is 3. The smallest absolute Gasteiger partial charge is 0.407 e. The van der Waals surface area contributed by atoms with Crippen molar-refractivity contribution in [1.29, 1.82) is 0 Å². The third-order valence-electron chi connectivity index (χ3n) is 7.77. The van der Waals surface area contributed by atoms with Crippen LogP contribution in [0.15, 0.2) is 0 Å². The molecule has 1 N–H and O–H groups in total. The number of hydrogen-bond acceptors (Lipinski definition) is 8. The maximum Gasteiger partial charge on any atom is 0.407 e. The summed E-state index contributed by atoms with van der Waals surface area (Å²) in [5.74, 6) is -0.510. The standard InChI is InChI=1S/C34H67N3O6/c1-8-10-12-19-29(3)32(38)41-27-16-21-31(22-17-28-42-33(39)30(4)20-13-11-9-2)43-34(40)35-23-18-26-37(7)25-15-14-24-36(5)6/h29-31H,8-28H2,1-7H3,(H,35,40). The molecule has 9 heteroatoms. The fourth-order valence-corrected chi connectivity index (χ4v) is 4.81. The molecule has 0 fully saturated rings. The van der Waals surface area contributed by atoms with Crippen molar-refractivity contribution in [2.24, 2.45) is 11.8 Å². The zero-order chi connectivity index (χ0) is 32.3. The highest BCUT2D eigenvalue weighted by molar-refractivity contribution is 5.72. The first-order valence-corrected chi connectivity index (χ1v) is 17.2. The molecule has 0 aliphatic rings. The van der Waals surface area contributed by atoms with Crippen LogP contribution in [0.2, 0.25) is 0 Å². The summed E-state index contributed by atoms with van der Waals surface area (Å²) in [6.45, 7) is 12.4. The van der Waals surface area contributed by atoms with E-state index in [4.69, 9.17) is 14.2 Å². The largest absolute Gasteiger partial charge is 0.465 e. The molecule has 254 valence electrons. The van der Waals surface area contributed by atoms with Gasteiger partial charge in [-0.1, -0.05) is 66.2 Å². The SMILES string of the molecule is CCCCCC(C)C(=O)OCCCC(CCCOC(=O)C(C)CCCCC)OC(=O)NCCCN(C)CCCCN(C)C. The third-order valence-corrected chi connectivity index (χ3v) is 7.77. The van der Waals surface area contributed by atoms with E-state index in [0.717, 1.165) is 83.8 Å². The van der Waals surface area contributed by atoms with Gasteiger partial charge in [-0.3, -0.25) is 9.59 Å². The average Bonchev–Trinajstić information content (AvgIpc) is 2.97. The van der Waals surface area contributed by atoms with Gasteiger partial charge in [0.1, 0.15) is 6.10 Å². The zero-order valence-corrected chi connectivity index (χ0v) is 28.9. The van der Waals surface area contributed by atoms with Crippen LogP contribution in [0.5, 0.6) is 0 Å². The monoisotopic (exact) mass is 614 g/mol. The summed E-state index contributed by atoms with van der Waals surface area (Å²) in [4.78, 5) is 41.7. The number of rotatable bonds is 28. The average molecular weight is 614 g/mol. The van der Waals surface area contributed by atoms with Crippen molar-refractivity contribution in [3.63, 3.8) is 0 Å². The van der Waals surface area contributed by atoms with Gasteiger partial charge < -0.3 is 29.3 Å². The van der Waals surface area contributed by atoms with Crippen LogP contribution in [0.1, 0.15) is 124 Å². The highest BCUT2D eigenvalue weighted by Gasteiger charge is 2.18. The Morgan fingerprint density at radius 2 is 1.12 bits per heavy atom. The summed E-state index contributed by atoms with van der Waals surface area (Å²) < 4.78 is 16.7. The summed E-state index contributed by atoms with van der Waals surface area (Å²) in [5.41, 5.74) is 0. The summed E-state index contributed by atoms with van der Waals surface area (Å²) >= 11 is 0. The Morgan fingerprint density at radius 1 is 0.628 bits per heavy atom. The number of nitrogens with zero attached hydrogens (tertiary/aromatic N) is 2. The lowest BCUT2D eigenvalue weighted by atomic mass is 10.0. The van der Waals surface area contributed by atoms with Gasteiger partial charge in [0, 0.05) is 6.54 Å². The minimum atomic E-state index is -0.429. The summed E-state index contributed by atoms with van der Waals surface area (Å²) in [6, 6.07) is 0. The molecule has 0 aromatic carbocycles. The molecule has 0 saturated heterocycles. The number of ether oxygens (including phenoxy) is 3. The molecule has 0 rings (SSSR count). The van der Waals surface area contributed by atoms with Crippen LogP contribution in [-0.2, 0) is 23.8 Å². The number of carbonyl (C=O) groups is 3. The predicted molar refractivity (Wildman–Crippen MR) is 175 cm³/mol. The highest BCUT2D eigenvalue weighted by atomic mass is 16.6. The van der Waals surface area contributed by atoms with Crippen molar-refractivity contribution in [1.82, 2.24) is 15.1 Å². The van der Waals surface area contributed by atoms with E-state index >= 15 is 0 Å². The third kappa shape index (κ3) is 25.2. The summed E-state index contributed by atoms with van der Waals surface area (Å²) in [7, 11) is 6.30. The number of unbranched alkanes of at least 4 members (excludes halogenated alkanes) is 5. The first-order valence-electron chi connectivity index (χ1n) is 17.2. The van der Waals surface area contributed by atoms with Gasteiger partial charge in [0.25, 0.3) is 0 Å².